The Labute approximate surface area is 145 Å². The summed E-state index contributed by atoms with van der Waals surface area (Å²) in [4.78, 5) is 13.0. The van der Waals surface area contributed by atoms with Crippen LogP contribution in [-0.2, 0) is 6.54 Å². The van der Waals surface area contributed by atoms with E-state index in [1.807, 2.05) is 12.1 Å². The van der Waals surface area contributed by atoms with Gasteiger partial charge in [-0.05, 0) is 6.07 Å². The van der Waals surface area contributed by atoms with E-state index in [0.29, 0.717) is 18.4 Å². The molecule has 3 rings (SSSR count). The molecule has 1 aliphatic rings. The topological polar surface area (TPSA) is 61.7 Å². The second kappa shape index (κ2) is 9.36. The number of rotatable bonds is 4. The molecule has 0 atom stereocenters. The van der Waals surface area contributed by atoms with Crippen LogP contribution in [0, 0.1) is 5.82 Å². The van der Waals surface area contributed by atoms with Gasteiger partial charge in [0.1, 0.15) is 5.82 Å². The quantitative estimate of drug-likeness (QED) is 0.907. The molecule has 8 heteroatoms. The summed E-state index contributed by atoms with van der Waals surface area (Å²) in [7, 11) is 1.60. The minimum Gasteiger partial charge on any atom is -0.481 e. The van der Waals surface area contributed by atoms with Crippen molar-refractivity contribution in [3.8, 4) is 5.88 Å². The van der Waals surface area contributed by atoms with Crippen LogP contribution in [0.15, 0.2) is 36.5 Å². The molecule has 24 heavy (non-hydrogen) atoms. The number of hydrogen-bond donors (Lipinski definition) is 1. The smallest absolute Gasteiger partial charge is 0.228 e. The summed E-state index contributed by atoms with van der Waals surface area (Å²) >= 11 is 3.64. The van der Waals surface area contributed by atoms with Crippen LogP contribution in [0.1, 0.15) is 5.56 Å². The molecule has 1 aliphatic heterocycles. The van der Waals surface area contributed by atoms with Crippen LogP contribution >= 0.6 is 11.9 Å². The lowest BCUT2D eigenvalue weighted by Gasteiger charge is -2.34. The molecule has 0 spiro atoms. The number of anilines is 1. The summed E-state index contributed by atoms with van der Waals surface area (Å²) < 4.78 is 25.3. The molecule has 2 aromatic rings. The predicted octanol–water partition coefficient (Wildman–Crippen LogP) is 2.08. The minimum absolute atomic E-state index is 0.138. The monoisotopic (exact) mass is 354 g/mol. The van der Waals surface area contributed by atoms with E-state index in [4.69, 9.17) is 9.40 Å². The highest BCUT2D eigenvalue weighted by Gasteiger charge is 2.20. The molecule has 0 saturated carbocycles. The van der Waals surface area contributed by atoms with Gasteiger partial charge in [0, 0.05) is 50.6 Å². The van der Waals surface area contributed by atoms with Crippen molar-refractivity contribution in [2.75, 3.05) is 38.2 Å². The second-order valence-corrected chi connectivity index (χ2v) is 5.25. The third kappa shape index (κ3) is 4.77. The fraction of sp³-hybridized carbons (Fsp3) is 0.375. The van der Waals surface area contributed by atoms with Crippen molar-refractivity contribution < 1.29 is 13.8 Å². The maximum absolute atomic E-state index is 13.7. The van der Waals surface area contributed by atoms with E-state index in [0.717, 1.165) is 31.7 Å². The first-order valence-electron chi connectivity index (χ1n) is 7.51. The Bertz CT molecular complexity index is 639. The van der Waals surface area contributed by atoms with Crippen molar-refractivity contribution in [1.82, 2.24) is 14.9 Å². The maximum Gasteiger partial charge on any atom is 0.228 e. The molecule has 0 aliphatic carbocycles. The van der Waals surface area contributed by atoms with Crippen LogP contribution in [0.2, 0.25) is 0 Å². The Morgan fingerprint density at radius 3 is 2.54 bits per heavy atom. The number of aromatic nitrogens is 2. The van der Waals surface area contributed by atoms with Gasteiger partial charge in [0.15, 0.2) is 0 Å². The van der Waals surface area contributed by atoms with Crippen LogP contribution in [0.4, 0.5) is 10.3 Å². The zero-order chi connectivity index (χ0) is 17.4. The lowest BCUT2D eigenvalue weighted by atomic mass is 10.2. The Balaban J connectivity index is 0.00000100. The Kier molecular flexibility index (Phi) is 7.17. The molecule has 0 unspecified atom stereocenters. The summed E-state index contributed by atoms with van der Waals surface area (Å²) in [6.45, 7) is 3.99. The number of ether oxygens (including phenoxy) is 1. The van der Waals surface area contributed by atoms with Crippen LogP contribution in [0.3, 0.4) is 0 Å². The van der Waals surface area contributed by atoms with Crippen LogP contribution in [-0.4, -0.2) is 52.8 Å². The van der Waals surface area contributed by atoms with E-state index in [9.17, 15) is 4.39 Å². The highest BCUT2D eigenvalue weighted by atomic mass is 35.5. The fourth-order valence-electron chi connectivity index (χ4n) is 2.57. The van der Waals surface area contributed by atoms with E-state index >= 15 is 0 Å². The van der Waals surface area contributed by atoms with E-state index in [1.165, 1.54) is 6.07 Å². The summed E-state index contributed by atoms with van der Waals surface area (Å²) in [6, 6.07) is 8.68. The van der Waals surface area contributed by atoms with Crippen LogP contribution < -0.4 is 9.64 Å². The largest absolute Gasteiger partial charge is 0.481 e. The normalized spacial score (nSPS) is 14.8. The SMILES string of the molecule is COc1ccnc(N2CCN(Cc3ccccc3F)CC2)n1.OCl. The summed E-state index contributed by atoms with van der Waals surface area (Å²) in [5.41, 5.74) is 0.744. The number of methoxy groups -OCH3 is 1. The van der Waals surface area contributed by atoms with Gasteiger partial charge >= 0.3 is 0 Å². The van der Waals surface area contributed by atoms with E-state index < -0.39 is 0 Å². The van der Waals surface area contributed by atoms with E-state index in [1.54, 1.807) is 25.4 Å². The van der Waals surface area contributed by atoms with Crippen molar-refractivity contribution in [1.29, 1.82) is 0 Å². The minimum atomic E-state index is -0.138. The number of nitrogens with zero attached hydrogens (tertiary/aromatic N) is 4. The van der Waals surface area contributed by atoms with Crippen molar-refractivity contribution in [3.63, 3.8) is 0 Å². The van der Waals surface area contributed by atoms with Gasteiger partial charge in [-0.1, -0.05) is 18.2 Å². The molecule has 1 aromatic carbocycles. The molecular weight excluding hydrogens is 335 g/mol. The number of piperazine rings is 1. The maximum atomic E-state index is 13.7. The lowest BCUT2D eigenvalue weighted by molar-refractivity contribution is 0.245. The molecule has 1 aromatic heterocycles. The lowest BCUT2D eigenvalue weighted by Crippen LogP contribution is -2.46. The van der Waals surface area contributed by atoms with Crippen LogP contribution in [0.5, 0.6) is 5.88 Å². The van der Waals surface area contributed by atoms with Crippen molar-refractivity contribution in [3.05, 3.63) is 47.9 Å². The highest BCUT2D eigenvalue weighted by Crippen LogP contribution is 2.16. The third-order valence-corrected chi connectivity index (χ3v) is 3.83. The van der Waals surface area contributed by atoms with Crippen molar-refractivity contribution >= 4 is 17.8 Å². The number of hydrogen-bond acceptors (Lipinski definition) is 6. The van der Waals surface area contributed by atoms with Crippen molar-refractivity contribution in [2.24, 2.45) is 0 Å². The van der Waals surface area contributed by atoms with Gasteiger partial charge in [-0.2, -0.15) is 4.98 Å². The number of halogens is 2. The molecular formula is C16H20ClFN4O2. The third-order valence-electron chi connectivity index (χ3n) is 3.83. The van der Waals surface area contributed by atoms with Gasteiger partial charge in [-0.25, -0.2) is 9.37 Å². The molecule has 1 N–H and O–H groups in total. The Hall–Kier alpha value is -1.96. The molecule has 6 nitrogen and oxygen atoms in total. The van der Waals surface area contributed by atoms with Gasteiger partial charge in [0.2, 0.25) is 11.8 Å². The second-order valence-electron chi connectivity index (χ2n) is 5.25. The van der Waals surface area contributed by atoms with Gasteiger partial charge in [0.25, 0.3) is 0 Å². The molecule has 130 valence electrons. The first-order valence-corrected chi connectivity index (χ1v) is 7.85. The molecule has 0 radical (unpaired) electrons. The van der Waals surface area contributed by atoms with Crippen LogP contribution in [0.25, 0.3) is 0 Å². The van der Waals surface area contributed by atoms with E-state index in [2.05, 4.69) is 31.6 Å². The van der Waals surface area contributed by atoms with Gasteiger partial charge in [-0.15, -0.1) is 0 Å². The predicted molar refractivity (Wildman–Crippen MR) is 90.5 cm³/mol. The average Bonchev–Trinajstić information content (AvgIpc) is 2.66. The zero-order valence-corrected chi connectivity index (χ0v) is 14.2. The summed E-state index contributed by atoms with van der Waals surface area (Å²) in [5.74, 6) is 1.12. The zero-order valence-electron chi connectivity index (χ0n) is 13.4. The summed E-state index contributed by atoms with van der Waals surface area (Å²) in [6.07, 6.45) is 1.70. The number of benzene rings is 1. The Morgan fingerprint density at radius 2 is 1.88 bits per heavy atom. The van der Waals surface area contributed by atoms with Gasteiger partial charge < -0.3 is 9.64 Å². The molecule has 0 amide bonds. The molecule has 1 saturated heterocycles. The van der Waals surface area contributed by atoms with Gasteiger partial charge in [-0.3, -0.25) is 9.56 Å². The first-order chi connectivity index (χ1) is 11.8. The van der Waals surface area contributed by atoms with Gasteiger partial charge in [0.05, 0.1) is 19.0 Å². The standard InChI is InChI=1S/C16H19FN4O.ClHO/c1-22-15-6-7-18-16(19-15)21-10-8-20(9-11-21)12-13-4-2-3-5-14(13)17;1-2/h2-7H,8-12H2,1H3;2H. The van der Waals surface area contributed by atoms with Crippen molar-refractivity contribution in [2.45, 2.75) is 6.54 Å². The first kappa shape index (κ1) is 18.4. The summed E-state index contributed by atoms with van der Waals surface area (Å²) in [5, 5.41) is 0. The molecule has 2 heterocycles. The highest BCUT2D eigenvalue weighted by molar-refractivity contribution is 6.04. The molecule has 1 fully saturated rings. The Morgan fingerprint density at radius 1 is 1.17 bits per heavy atom. The molecule has 0 bridgehead atoms. The average molecular weight is 355 g/mol. The van der Waals surface area contributed by atoms with E-state index in [-0.39, 0.29) is 5.82 Å². The fourth-order valence-corrected chi connectivity index (χ4v) is 2.57.